The zero-order valence-electron chi connectivity index (χ0n) is 16.2. The van der Waals surface area contributed by atoms with Crippen LogP contribution in [0.4, 0.5) is 8.78 Å². The van der Waals surface area contributed by atoms with Crippen LogP contribution in [0, 0.1) is 11.6 Å². The van der Waals surface area contributed by atoms with Crippen LogP contribution in [-0.4, -0.2) is 36.1 Å². The van der Waals surface area contributed by atoms with Crippen LogP contribution in [-0.2, 0) is 4.79 Å². The minimum absolute atomic E-state index is 0.144. The highest BCUT2D eigenvalue weighted by Crippen LogP contribution is 2.33. The lowest BCUT2D eigenvalue weighted by molar-refractivity contribution is -0.110. The fourth-order valence-electron chi connectivity index (χ4n) is 3.02. The van der Waals surface area contributed by atoms with Gasteiger partial charge in [0.15, 0.2) is 12.0 Å². The fourth-order valence-corrected chi connectivity index (χ4v) is 3.48. The molecule has 1 aliphatic rings. The third kappa shape index (κ3) is 4.26. The number of benzene rings is 2. The fraction of sp³-hybridized carbons (Fsp3) is 0.136. The number of carbonyl (C=O) groups excluding carboxylic acids is 1. The van der Waals surface area contributed by atoms with Crippen molar-refractivity contribution in [2.24, 2.45) is 0 Å². The third-order valence-electron chi connectivity index (χ3n) is 4.65. The molecular weight excluding hydrogens is 433 g/mol. The highest BCUT2D eigenvalue weighted by molar-refractivity contribution is 6.35. The zero-order valence-corrected chi connectivity index (χ0v) is 17.7. The Bertz CT molecular complexity index is 1050. The van der Waals surface area contributed by atoms with Gasteiger partial charge in [0, 0.05) is 19.1 Å². The van der Waals surface area contributed by atoms with E-state index in [1.54, 1.807) is 54.5 Å². The van der Waals surface area contributed by atoms with Gasteiger partial charge in [-0.1, -0.05) is 35.8 Å². The number of likely N-dealkylation sites (N-methyl/N-ethyl adjacent to an activating group) is 2. The SMILES string of the molecule is C=CC(=O)/C(=C1/C=CC(Oc2ccc(Cl)cc2Cl)N(C)N1C)c1c(F)cccc1F. The van der Waals surface area contributed by atoms with Crippen molar-refractivity contribution in [3.8, 4) is 5.75 Å². The molecule has 4 nitrogen and oxygen atoms in total. The van der Waals surface area contributed by atoms with Gasteiger partial charge in [0.2, 0.25) is 0 Å². The zero-order chi connectivity index (χ0) is 22.0. The molecule has 0 amide bonds. The van der Waals surface area contributed by atoms with E-state index in [1.165, 1.54) is 6.07 Å². The van der Waals surface area contributed by atoms with Gasteiger partial charge in [-0.15, -0.1) is 0 Å². The van der Waals surface area contributed by atoms with E-state index in [0.29, 0.717) is 15.8 Å². The van der Waals surface area contributed by atoms with Gasteiger partial charge in [0.1, 0.15) is 17.4 Å². The van der Waals surface area contributed by atoms with Gasteiger partial charge < -0.3 is 9.75 Å². The molecule has 0 fully saturated rings. The normalized spacial score (nSPS) is 18.3. The Kier molecular flexibility index (Phi) is 6.61. The van der Waals surface area contributed by atoms with Crippen molar-refractivity contribution in [1.82, 2.24) is 10.0 Å². The molecule has 0 aliphatic carbocycles. The Hall–Kier alpha value is -2.67. The van der Waals surface area contributed by atoms with Crippen molar-refractivity contribution in [3.05, 3.63) is 94.1 Å². The van der Waals surface area contributed by atoms with E-state index in [-0.39, 0.29) is 11.3 Å². The molecule has 30 heavy (non-hydrogen) atoms. The summed E-state index contributed by atoms with van der Waals surface area (Å²) in [5.74, 6) is -1.89. The molecule has 0 spiro atoms. The van der Waals surface area contributed by atoms with E-state index in [1.807, 2.05) is 0 Å². The molecule has 0 saturated heterocycles. The maximum absolute atomic E-state index is 14.5. The topological polar surface area (TPSA) is 32.8 Å². The largest absolute Gasteiger partial charge is 0.468 e. The summed E-state index contributed by atoms with van der Waals surface area (Å²) in [5, 5.41) is 4.03. The number of rotatable bonds is 5. The van der Waals surface area contributed by atoms with E-state index in [4.69, 9.17) is 27.9 Å². The molecule has 2 aromatic rings. The van der Waals surface area contributed by atoms with Crippen LogP contribution >= 0.6 is 23.2 Å². The third-order valence-corrected chi connectivity index (χ3v) is 5.18. The average molecular weight is 451 g/mol. The van der Waals surface area contributed by atoms with E-state index in [2.05, 4.69) is 6.58 Å². The average Bonchev–Trinajstić information content (AvgIpc) is 2.70. The van der Waals surface area contributed by atoms with Crippen molar-refractivity contribution in [1.29, 1.82) is 0 Å². The van der Waals surface area contributed by atoms with Gasteiger partial charge in [-0.3, -0.25) is 4.79 Å². The van der Waals surface area contributed by atoms with Crippen LogP contribution in [0.2, 0.25) is 10.0 Å². The van der Waals surface area contributed by atoms with Crippen LogP contribution in [0.1, 0.15) is 5.56 Å². The van der Waals surface area contributed by atoms with E-state index >= 15 is 0 Å². The van der Waals surface area contributed by atoms with Gasteiger partial charge in [-0.05, 0) is 48.6 Å². The number of ketones is 1. The minimum atomic E-state index is -0.844. The molecule has 0 aromatic heterocycles. The first-order chi connectivity index (χ1) is 14.2. The van der Waals surface area contributed by atoms with E-state index < -0.39 is 29.2 Å². The van der Waals surface area contributed by atoms with Crippen LogP contribution in [0.25, 0.3) is 5.57 Å². The second-order valence-corrected chi connectivity index (χ2v) is 7.31. The standard InChI is InChI=1S/C22H18Cl2F2N2O2/c1-4-18(29)22(21-15(25)6-5-7-16(21)26)17-9-11-20(28(3)27(17)2)30-19-10-8-13(23)12-14(19)24/h4-12,20H,1H2,2-3H3/b22-17+. The lowest BCUT2D eigenvalue weighted by Gasteiger charge is -2.39. The van der Waals surface area contributed by atoms with Crippen LogP contribution in [0.3, 0.4) is 0 Å². The Labute approximate surface area is 183 Å². The number of hydrogen-bond acceptors (Lipinski definition) is 4. The minimum Gasteiger partial charge on any atom is -0.468 e. The molecule has 2 aromatic carbocycles. The molecule has 1 unspecified atom stereocenters. The van der Waals surface area contributed by atoms with Crippen molar-refractivity contribution >= 4 is 34.6 Å². The highest BCUT2D eigenvalue weighted by Gasteiger charge is 2.30. The van der Waals surface area contributed by atoms with Crippen LogP contribution < -0.4 is 4.74 Å². The number of carbonyl (C=O) groups is 1. The molecule has 1 aliphatic heterocycles. The first-order valence-corrected chi connectivity index (χ1v) is 9.62. The second-order valence-electron chi connectivity index (χ2n) is 6.46. The Morgan fingerprint density at radius 2 is 1.83 bits per heavy atom. The maximum Gasteiger partial charge on any atom is 0.188 e. The first kappa shape index (κ1) is 22.0. The molecule has 0 bridgehead atoms. The number of allylic oxidation sites excluding steroid dienone is 3. The van der Waals surface area contributed by atoms with Gasteiger partial charge >= 0.3 is 0 Å². The Balaban J connectivity index is 2.06. The van der Waals surface area contributed by atoms with E-state index in [0.717, 1.165) is 18.2 Å². The Morgan fingerprint density at radius 1 is 1.17 bits per heavy atom. The van der Waals surface area contributed by atoms with Crippen molar-refractivity contribution in [3.63, 3.8) is 0 Å². The first-order valence-electron chi connectivity index (χ1n) is 8.86. The monoisotopic (exact) mass is 450 g/mol. The molecule has 0 N–H and O–H groups in total. The summed E-state index contributed by atoms with van der Waals surface area (Å²) in [6.45, 7) is 3.46. The summed E-state index contributed by atoms with van der Waals surface area (Å²) in [4.78, 5) is 12.6. The molecule has 0 radical (unpaired) electrons. The highest BCUT2D eigenvalue weighted by atomic mass is 35.5. The summed E-state index contributed by atoms with van der Waals surface area (Å²) >= 11 is 12.1. The Morgan fingerprint density at radius 3 is 2.43 bits per heavy atom. The quantitative estimate of drug-likeness (QED) is 0.563. The summed E-state index contributed by atoms with van der Waals surface area (Å²) in [6, 6.07) is 8.27. The van der Waals surface area contributed by atoms with Gasteiger partial charge in [-0.25, -0.2) is 8.78 Å². The van der Waals surface area contributed by atoms with Crippen LogP contribution in [0.5, 0.6) is 5.75 Å². The predicted molar refractivity (Wildman–Crippen MR) is 114 cm³/mol. The number of nitrogens with zero attached hydrogens (tertiary/aromatic N) is 2. The van der Waals surface area contributed by atoms with Crippen molar-refractivity contribution in [2.75, 3.05) is 14.1 Å². The summed E-state index contributed by atoms with van der Waals surface area (Å²) in [6.07, 6.45) is 3.64. The van der Waals surface area contributed by atoms with Crippen LogP contribution in [0.15, 0.2) is 66.9 Å². The molecular formula is C22H18Cl2F2N2O2. The summed E-state index contributed by atoms with van der Waals surface area (Å²) in [7, 11) is 3.35. The maximum atomic E-state index is 14.5. The molecule has 1 heterocycles. The number of halogens is 4. The molecule has 3 rings (SSSR count). The molecule has 156 valence electrons. The van der Waals surface area contributed by atoms with Gasteiger partial charge in [0.05, 0.1) is 21.9 Å². The van der Waals surface area contributed by atoms with Crippen molar-refractivity contribution < 1.29 is 18.3 Å². The smallest absolute Gasteiger partial charge is 0.188 e. The van der Waals surface area contributed by atoms with Gasteiger partial charge in [0.25, 0.3) is 0 Å². The number of hydrazine groups is 1. The second kappa shape index (κ2) is 9.00. The lowest BCUT2D eigenvalue weighted by atomic mass is 9.97. The molecule has 0 saturated carbocycles. The van der Waals surface area contributed by atoms with Crippen molar-refractivity contribution in [2.45, 2.75) is 6.23 Å². The molecule has 8 heteroatoms. The van der Waals surface area contributed by atoms with Gasteiger partial charge in [-0.2, -0.15) is 5.01 Å². The summed E-state index contributed by atoms with van der Waals surface area (Å²) in [5.41, 5.74) is -0.273. The predicted octanol–water partition coefficient (Wildman–Crippen LogP) is 5.49. The van der Waals surface area contributed by atoms with E-state index in [9.17, 15) is 13.6 Å². The summed E-state index contributed by atoms with van der Waals surface area (Å²) < 4.78 is 34.8. The lowest BCUT2D eigenvalue weighted by Crippen LogP contribution is -2.48. The number of ether oxygens (including phenoxy) is 1. The molecule has 1 atom stereocenters. The number of hydrogen-bond donors (Lipinski definition) is 0.